The number of thiophene rings is 1. The molecule has 94 valence electrons. The topological polar surface area (TPSA) is 12.0 Å². The molecule has 2 atom stereocenters. The number of fused-ring (bicyclic) bond motifs is 1. The Bertz CT molecular complexity index is 549. The first-order valence-corrected chi connectivity index (χ1v) is 7.97. The number of hydrogen-bond donors (Lipinski definition) is 1. The van der Waals surface area contributed by atoms with E-state index in [0.717, 1.165) is 6.54 Å². The van der Waals surface area contributed by atoms with Gasteiger partial charge in [0.05, 0.1) is 3.79 Å². The van der Waals surface area contributed by atoms with Gasteiger partial charge in [0.1, 0.15) is 0 Å². The lowest BCUT2D eigenvalue weighted by Crippen LogP contribution is -2.32. The Hall–Kier alpha value is -0.640. The molecule has 1 aliphatic carbocycles. The molecule has 2 aromatic rings. The van der Waals surface area contributed by atoms with Gasteiger partial charge in [0.2, 0.25) is 0 Å². The summed E-state index contributed by atoms with van der Waals surface area (Å²) < 4.78 is 1.22. The summed E-state index contributed by atoms with van der Waals surface area (Å²) in [7, 11) is 0. The monoisotopic (exact) mass is 321 g/mol. The van der Waals surface area contributed by atoms with Gasteiger partial charge in [-0.05, 0) is 52.2 Å². The summed E-state index contributed by atoms with van der Waals surface area (Å²) in [5.74, 6) is 0.631. The van der Waals surface area contributed by atoms with E-state index in [1.807, 2.05) is 11.3 Å². The molecular weight excluding hydrogens is 306 g/mol. The van der Waals surface area contributed by atoms with Gasteiger partial charge < -0.3 is 5.32 Å². The minimum absolute atomic E-state index is 0.459. The fraction of sp³-hybridized carbons (Fsp3) is 0.333. The lowest BCUT2D eigenvalue weighted by atomic mass is 9.73. The SMILES string of the molecule is CCNC(c1ccc(Br)s1)C1Cc2ccccc21. The summed E-state index contributed by atoms with van der Waals surface area (Å²) in [5.41, 5.74) is 3.04. The Morgan fingerprint density at radius 1 is 1.33 bits per heavy atom. The summed E-state index contributed by atoms with van der Waals surface area (Å²) >= 11 is 5.41. The maximum absolute atomic E-state index is 3.64. The lowest BCUT2D eigenvalue weighted by Gasteiger charge is -2.36. The molecule has 0 saturated carbocycles. The number of halogens is 1. The molecule has 3 rings (SSSR count). The van der Waals surface area contributed by atoms with Crippen LogP contribution in [-0.2, 0) is 6.42 Å². The lowest BCUT2D eigenvalue weighted by molar-refractivity contribution is 0.425. The smallest absolute Gasteiger partial charge is 0.0701 e. The third-order valence-electron chi connectivity index (χ3n) is 3.62. The molecule has 1 N–H and O–H groups in total. The standard InChI is InChI=1S/C15H16BrNS/c1-2-17-15(13-7-8-14(16)18-13)12-9-10-5-3-4-6-11(10)12/h3-8,12,15,17H,2,9H2,1H3. The Kier molecular flexibility index (Phi) is 3.55. The van der Waals surface area contributed by atoms with Crippen LogP contribution >= 0.6 is 27.3 Å². The van der Waals surface area contributed by atoms with Crippen molar-refractivity contribution in [3.8, 4) is 0 Å². The Labute approximate surface area is 120 Å². The summed E-state index contributed by atoms with van der Waals surface area (Å²) in [6.07, 6.45) is 1.20. The summed E-state index contributed by atoms with van der Waals surface area (Å²) in [4.78, 5) is 1.43. The van der Waals surface area contributed by atoms with Crippen LogP contribution in [0.5, 0.6) is 0 Å². The highest BCUT2D eigenvalue weighted by molar-refractivity contribution is 9.11. The van der Waals surface area contributed by atoms with E-state index in [4.69, 9.17) is 0 Å². The van der Waals surface area contributed by atoms with E-state index in [9.17, 15) is 0 Å². The number of nitrogens with one attached hydrogen (secondary N) is 1. The zero-order chi connectivity index (χ0) is 12.5. The van der Waals surface area contributed by atoms with Crippen molar-refractivity contribution in [2.75, 3.05) is 6.54 Å². The predicted molar refractivity (Wildman–Crippen MR) is 81.3 cm³/mol. The van der Waals surface area contributed by atoms with Crippen molar-refractivity contribution >= 4 is 27.3 Å². The molecule has 0 aliphatic heterocycles. The predicted octanol–water partition coefficient (Wildman–Crippen LogP) is 4.50. The molecule has 0 amide bonds. The molecule has 1 aromatic heterocycles. The van der Waals surface area contributed by atoms with Crippen LogP contribution in [0.2, 0.25) is 0 Å². The van der Waals surface area contributed by atoms with Crippen molar-refractivity contribution < 1.29 is 0 Å². The van der Waals surface area contributed by atoms with Crippen LogP contribution in [0.1, 0.15) is 34.9 Å². The van der Waals surface area contributed by atoms with Gasteiger partial charge in [-0.15, -0.1) is 11.3 Å². The molecule has 3 heteroatoms. The highest BCUT2D eigenvalue weighted by Crippen LogP contribution is 2.45. The number of hydrogen-bond acceptors (Lipinski definition) is 2. The van der Waals surface area contributed by atoms with Crippen molar-refractivity contribution in [2.45, 2.75) is 25.3 Å². The second-order valence-electron chi connectivity index (χ2n) is 4.69. The molecule has 0 fully saturated rings. The van der Waals surface area contributed by atoms with E-state index in [2.05, 4.69) is 64.6 Å². The average Bonchev–Trinajstić information content (AvgIpc) is 2.76. The van der Waals surface area contributed by atoms with E-state index in [0.29, 0.717) is 12.0 Å². The highest BCUT2D eigenvalue weighted by atomic mass is 79.9. The quantitative estimate of drug-likeness (QED) is 0.874. The van der Waals surface area contributed by atoms with E-state index in [1.165, 1.54) is 26.2 Å². The van der Waals surface area contributed by atoms with E-state index in [-0.39, 0.29) is 0 Å². The summed E-state index contributed by atoms with van der Waals surface area (Å²) in [5, 5.41) is 3.64. The Balaban J connectivity index is 1.89. The molecule has 0 bridgehead atoms. The normalized spacial score (nSPS) is 19.1. The molecule has 0 saturated heterocycles. The van der Waals surface area contributed by atoms with E-state index < -0.39 is 0 Å². The molecular formula is C15H16BrNS. The second-order valence-corrected chi connectivity index (χ2v) is 7.18. The molecule has 1 heterocycles. The van der Waals surface area contributed by atoms with Gasteiger partial charge in [0.25, 0.3) is 0 Å². The number of rotatable bonds is 4. The molecule has 1 aliphatic rings. The molecule has 0 spiro atoms. The van der Waals surface area contributed by atoms with E-state index in [1.54, 1.807) is 0 Å². The molecule has 1 nitrogen and oxygen atoms in total. The van der Waals surface area contributed by atoms with Gasteiger partial charge in [-0.3, -0.25) is 0 Å². The van der Waals surface area contributed by atoms with Gasteiger partial charge in [-0.25, -0.2) is 0 Å². The van der Waals surface area contributed by atoms with Gasteiger partial charge in [0, 0.05) is 16.8 Å². The average molecular weight is 322 g/mol. The number of likely N-dealkylation sites (N-methyl/N-ethyl adjacent to an activating group) is 1. The van der Waals surface area contributed by atoms with Gasteiger partial charge in [-0.2, -0.15) is 0 Å². The third-order valence-corrected chi connectivity index (χ3v) is 5.33. The first-order chi connectivity index (χ1) is 8.79. The molecule has 0 radical (unpaired) electrons. The van der Waals surface area contributed by atoms with Crippen LogP contribution in [-0.4, -0.2) is 6.54 Å². The van der Waals surface area contributed by atoms with Crippen LogP contribution in [0.25, 0.3) is 0 Å². The minimum Gasteiger partial charge on any atom is -0.309 e. The van der Waals surface area contributed by atoms with Crippen LogP contribution in [0.3, 0.4) is 0 Å². The maximum atomic E-state index is 3.64. The first kappa shape index (κ1) is 12.4. The summed E-state index contributed by atoms with van der Waals surface area (Å²) in [6, 6.07) is 13.7. The Morgan fingerprint density at radius 2 is 2.17 bits per heavy atom. The van der Waals surface area contributed by atoms with Crippen LogP contribution < -0.4 is 5.32 Å². The van der Waals surface area contributed by atoms with Crippen molar-refractivity contribution in [1.82, 2.24) is 5.32 Å². The van der Waals surface area contributed by atoms with Gasteiger partial charge >= 0.3 is 0 Å². The zero-order valence-electron chi connectivity index (χ0n) is 10.3. The molecule has 18 heavy (non-hydrogen) atoms. The third kappa shape index (κ3) is 2.15. The maximum Gasteiger partial charge on any atom is 0.0701 e. The van der Waals surface area contributed by atoms with Crippen molar-refractivity contribution in [3.05, 3.63) is 56.2 Å². The van der Waals surface area contributed by atoms with Crippen LogP contribution in [0.15, 0.2) is 40.2 Å². The van der Waals surface area contributed by atoms with E-state index >= 15 is 0 Å². The first-order valence-electron chi connectivity index (χ1n) is 6.36. The van der Waals surface area contributed by atoms with Crippen molar-refractivity contribution in [2.24, 2.45) is 0 Å². The Morgan fingerprint density at radius 3 is 2.83 bits per heavy atom. The van der Waals surface area contributed by atoms with Crippen molar-refractivity contribution in [3.63, 3.8) is 0 Å². The van der Waals surface area contributed by atoms with Crippen molar-refractivity contribution in [1.29, 1.82) is 0 Å². The van der Waals surface area contributed by atoms with Gasteiger partial charge in [-0.1, -0.05) is 31.2 Å². The van der Waals surface area contributed by atoms with Crippen LogP contribution in [0, 0.1) is 0 Å². The second kappa shape index (κ2) is 5.16. The van der Waals surface area contributed by atoms with Crippen LogP contribution in [0.4, 0.5) is 0 Å². The highest BCUT2D eigenvalue weighted by Gasteiger charge is 2.33. The fourth-order valence-electron chi connectivity index (χ4n) is 2.75. The zero-order valence-corrected chi connectivity index (χ0v) is 12.7. The fourth-order valence-corrected chi connectivity index (χ4v) is 4.32. The number of benzene rings is 1. The minimum atomic E-state index is 0.459. The largest absolute Gasteiger partial charge is 0.309 e. The summed E-state index contributed by atoms with van der Waals surface area (Å²) in [6.45, 7) is 3.19. The molecule has 2 unspecified atom stereocenters. The van der Waals surface area contributed by atoms with Gasteiger partial charge in [0.15, 0.2) is 0 Å². The molecule has 1 aromatic carbocycles.